The molecule has 0 saturated carbocycles. The molecule has 132 valence electrons. The van der Waals surface area contributed by atoms with E-state index in [0.29, 0.717) is 26.9 Å². The van der Waals surface area contributed by atoms with Gasteiger partial charge in [-0.25, -0.2) is 0 Å². The van der Waals surface area contributed by atoms with Crippen LogP contribution in [0.1, 0.15) is 22.8 Å². The van der Waals surface area contributed by atoms with Gasteiger partial charge in [-0.2, -0.15) is 0 Å². The molecule has 0 aliphatic rings. The normalized spacial score (nSPS) is 11.7. The molecule has 0 aromatic heterocycles. The number of esters is 1. The van der Waals surface area contributed by atoms with Crippen LogP contribution in [0.3, 0.4) is 0 Å². The zero-order valence-corrected chi connectivity index (χ0v) is 16.4. The lowest BCUT2D eigenvalue weighted by molar-refractivity contribution is -0.141. The predicted octanol–water partition coefficient (Wildman–Crippen LogP) is 5.08. The summed E-state index contributed by atoms with van der Waals surface area (Å²) in [7, 11) is 0. The average molecular weight is 446 g/mol. The fourth-order valence-corrected chi connectivity index (χ4v) is 2.91. The van der Waals surface area contributed by atoms with Crippen molar-refractivity contribution in [2.75, 3.05) is 6.61 Å². The summed E-state index contributed by atoms with van der Waals surface area (Å²) in [5.74, 6) is -0.435. The smallest absolute Gasteiger partial charge is 0.327 e. The van der Waals surface area contributed by atoms with Gasteiger partial charge in [0.05, 0.1) is 6.61 Å². The van der Waals surface area contributed by atoms with Crippen LogP contribution in [0.4, 0.5) is 0 Å². The number of benzene rings is 2. The lowest BCUT2D eigenvalue weighted by atomic mass is 10.1. The maximum absolute atomic E-state index is 12.2. The first-order chi connectivity index (χ1) is 11.9. The summed E-state index contributed by atoms with van der Waals surface area (Å²) < 4.78 is 10.5. The van der Waals surface area contributed by atoms with E-state index in [2.05, 4.69) is 15.9 Å². The van der Waals surface area contributed by atoms with Crippen LogP contribution in [0.25, 0.3) is 0 Å². The zero-order valence-electron chi connectivity index (χ0n) is 13.3. The van der Waals surface area contributed by atoms with Crippen molar-refractivity contribution < 1.29 is 19.1 Å². The minimum absolute atomic E-state index is 0.204. The molecule has 25 heavy (non-hydrogen) atoms. The Morgan fingerprint density at radius 2 is 1.68 bits per heavy atom. The number of rotatable bonds is 7. The van der Waals surface area contributed by atoms with Gasteiger partial charge in [0.15, 0.2) is 10.6 Å². The Hall–Kier alpha value is -1.56. The molecule has 2 aromatic carbocycles. The minimum atomic E-state index is -1.03. The predicted molar refractivity (Wildman–Crippen MR) is 101 cm³/mol. The minimum Gasteiger partial charge on any atom is -0.489 e. The van der Waals surface area contributed by atoms with Crippen LogP contribution >= 0.6 is 39.1 Å². The van der Waals surface area contributed by atoms with Crippen molar-refractivity contribution in [3.8, 4) is 5.75 Å². The molecule has 4 nitrogen and oxygen atoms in total. The molecule has 0 N–H and O–H groups in total. The summed E-state index contributed by atoms with van der Waals surface area (Å²) >= 11 is 15.2. The summed E-state index contributed by atoms with van der Waals surface area (Å²) in [6.45, 7) is 2.10. The molecular weight excluding hydrogens is 431 g/mol. The summed E-state index contributed by atoms with van der Waals surface area (Å²) in [6, 6.07) is 11.7. The van der Waals surface area contributed by atoms with Crippen molar-refractivity contribution in [2.45, 2.75) is 18.4 Å². The van der Waals surface area contributed by atoms with Gasteiger partial charge >= 0.3 is 5.97 Å². The van der Waals surface area contributed by atoms with Crippen molar-refractivity contribution in [2.24, 2.45) is 0 Å². The first-order valence-corrected chi connectivity index (χ1v) is 9.12. The number of carbonyl (C=O) groups excluding carboxylic acids is 2. The highest BCUT2D eigenvalue weighted by atomic mass is 79.9. The van der Waals surface area contributed by atoms with Gasteiger partial charge in [0.25, 0.3) is 0 Å². The monoisotopic (exact) mass is 444 g/mol. The van der Waals surface area contributed by atoms with Gasteiger partial charge in [-0.1, -0.05) is 45.2 Å². The number of ketones is 1. The van der Waals surface area contributed by atoms with Crippen LogP contribution in [0, 0.1) is 0 Å². The first kappa shape index (κ1) is 19.8. The van der Waals surface area contributed by atoms with Crippen molar-refractivity contribution in [3.05, 3.63) is 63.6 Å². The SMILES string of the molecule is CCOC(=O)C(Br)C(=O)c1ccc(OCc2c(Cl)cccc2Cl)cc1. The maximum Gasteiger partial charge on any atom is 0.327 e. The van der Waals surface area contributed by atoms with E-state index >= 15 is 0 Å². The molecule has 0 heterocycles. The molecule has 0 saturated heterocycles. The highest BCUT2D eigenvalue weighted by molar-refractivity contribution is 9.10. The van der Waals surface area contributed by atoms with E-state index in [1.54, 1.807) is 49.4 Å². The Balaban J connectivity index is 2.02. The molecule has 0 bridgehead atoms. The Morgan fingerprint density at radius 3 is 2.24 bits per heavy atom. The average Bonchev–Trinajstić information content (AvgIpc) is 2.61. The van der Waals surface area contributed by atoms with E-state index in [0.717, 1.165) is 0 Å². The largest absolute Gasteiger partial charge is 0.489 e. The lowest BCUT2D eigenvalue weighted by Crippen LogP contribution is -2.26. The fraction of sp³-hybridized carbons (Fsp3) is 0.222. The van der Waals surface area contributed by atoms with Gasteiger partial charge in [-0.15, -0.1) is 0 Å². The number of alkyl halides is 1. The fourth-order valence-electron chi connectivity index (χ4n) is 2.01. The molecule has 0 amide bonds. The van der Waals surface area contributed by atoms with E-state index in [1.165, 1.54) is 0 Å². The van der Waals surface area contributed by atoms with Crippen molar-refractivity contribution in [3.63, 3.8) is 0 Å². The zero-order chi connectivity index (χ0) is 18.4. The van der Waals surface area contributed by atoms with E-state index in [4.69, 9.17) is 32.7 Å². The Labute approximate surface area is 164 Å². The molecule has 0 fully saturated rings. The van der Waals surface area contributed by atoms with Crippen molar-refractivity contribution >= 4 is 50.9 Å². The molecule has 2 rings (SSSR count). The Kier molecular flexibility index (Phi) is 7.29. The molecule has 7 heteroatoms. The molecule has 0 aliphatic carbocycles. The number of Topliss-reactive ketones (excluding diaryl/α,β-unsaturated/α-hetero) is 1. The van der Waals surface area contributed by atoms with Gasteiger partial charge in [0, 0.05) is 21.2 Å². The van der Waals surface area contributed by atoms with Crippen LogP contribution in [0.15, 0.2) is 42.5 Å². The summed E-state index contributed by atoms with van der Waals surface area (Å²) in [6.07, 6.45) is 0. The van der Waals surface area contributed by atoms with E-state index in [-0.39, 0.29) is 19.0 Å². The highest BCUT2D eigenvalue weighted by Gasteiger charge is 2.25. The number of carbonyl (C=O) groups is 2. The van der Waals surface area contributed by atoms with Gasteiger partial charge < -0.3 is 9.47 Å². The van der Waals surface area contributed by atoms with Crippen LogP contribution in [-0.2, 0) is 16.1 Å². The standard InChI is InChI=1S/C18H15BrCl2O4/c1-2-24-18(23)16(19)17(22)11-6-8-12(9-7-11)25-10-13-14(20)4-3-5-15(13)21/h3-9,16H,2,10H2,1H3. The number of hydrogen-bond acceptors (Lipinski definition) is 4. The van der Waals surface area contributed by atoms with Crippen LogP contribution in [0.5, 0.6) is 5.75 Å². The second-order valence-electron chi connectivity index (χ2n) is 4.99. The maximum atomic E-state index is 12.2. The van der Waals surface area contributed by atoms with E-state index < -0.39 is 10.8 Å². The second kappa shape index (κ2) is 9.22. The third kappa shape index (κ3) is 5.21. The quantitative estimate of drug-likeness (QED) is 0.258. The number of halogens is 3. The third-order valence-electron chi connectivity index (χ3n) is 3.31. The van der Waals surface area contributed by atoms with Crippen molar-refractivity contribution in [1.29, 1.82) is 0 Å². The molecule has 1 unspecified atom stereocenters. The topological polar surface area (TPSA) is 52.6 Å². The Bertz CT molecular complexity index is 742. The van der Waals surface area contributed by atoms with Crippen LogP contribution in [0.2, 0.25) is 10.0 Å². The molecule has 0 radical (unpaired) electrons. The molecule has 0 aliphatic heterocycles. The van der Waals surface area contributed by atoms with Gasteiger partial charge in [-0.3, -0.25) is 9.59 Å². The van der Waals surface area contributed by atoms with E-state index in [9.17, 15) is 9.59 Å². The van der Waals surface area contributed by atoms with Gasteiger partial charge in [0.1, 0.15) is 12.4 Å². The molecular formula is C18H15BrCl2O4. The van der Waals surface area contributed by atoms with E-state index in [1.807, 2.05) is 0 Å². The highest BCUT2D eigenvalue weighted by Crippen LogP contribution is 2.26. The lowest BCUT2D eigenvalue weighted by Gasteiger charge is -2.11. The first-order valence-electron chi connectivity index (χ1n) is 7.44. The summed E-state index contributed by atoms with van der Waals surface area (Å²) in [5.41, 5.74) is 1.06. The van der Waals surface area contributed by atoms with Crippen LogP contribution in [-0.4, -0.2) is 23.2 Å². The summed E-state index contributed by atoms with van der Waals surface area (Å²) in [4.78, 5) is 22.8. The van der Waals surface area contributed by atoms with Gasteiger partial charge in [0.2, 0.25) is 0 Å². The molecule has 1 atom stereocenters. The summed E-state index contributed by atoms with van der Waals surface area (Å²) in [5, 5.41) is 1.05. The van der Waals surface area contributed by atoms with Gasteiger partial charge in [-0.05, 0) is 43.3 Å². The van der Waals surface area contributed by atoms with Crippen LogP contribution < -0.4 is 4.74 Å². The Morgan fingerprint density at radius 1 is 1.08 bits per heavy atom. The number of ether oxygens (including phenoxy) is 2. The van der Waals surface area contributed by atoms with Crippen molar-refractivity contribution in [1.82, 2.24) is 0 Å². The third-order valence-corrected chi connectivity index (χ3v) is 4.81. The molecule has 0 spiro atoms. The number of hydrogen-bond donors (Lipinski definition) is 0. The second-order valence-corrected chi connectivity index (χ2v) is 6.72. The molecule has 2 aromatic rings.